The third-order valence-corrected chi connectivity index (χ3v) is 7.78. The zero-order chi connectivity index (χ0) is 23.1. The molecule has 4 rings (SSSR count). The Kier molecular flexibility index (Phi) is 5.76. The highest BCUT2D eigenvalue weighted by Gasteiger charge is 2.51. The van der Waals surface area contributed by atoms with Crippen molar-refractivity contribution in [1.82, 2.24) is 9.21 Å². The molecule has 0 atom stereocenters. The van der Waals surface area contributed by atoms with Crippen LogP contribution in [0.25, 0.3) is 0 Å². The number of ether oxygens (including phenoxy) is 1. The number of benzene rings is 2. The normalized spacial score (nSPS) is 19.4. The number of hydrogen-bond acceptors (Lipinski definition) is 4. The molecular weight excluding hydrogens is 452 g/mol. The molecule has 172 valence electrons. The summed E-state index contributed by atoms with van der Waals surface area (Å²) in [5, 5.41) is 0. The molecule has 0 bridgehead atoms. The number of rotatable bonds is 3. The number of piperidine rings is 1. The minimum absolute atomic E-state index is 0.0490. The predicted octanol–water partition coefficient (Wildman–Crippen LogP) is 3.50. The third-order valence-electron chi connectivity index (χ3n) is 5.81. The van der Waals surface area contributed by atoms with E-state index in [4.69, 9.17) is 4.74 Å². The van der Waals surface area contributed by atoms with Crippen LogP contribution in [0.5, 0.6) is 0 Å². The maximum Gasteiger partial charge on any atom is 0.416 e. The Morgan fingerprint density at radius 1 is 0.938 bits per heavy atom. The summed E-state index contributed by atoms with van der Waals surface area (Å²) in [6, 6.07) is 8.51. The standard InChI is InChI=1S/C21H20F4N2O4S/c22-17-5-7-18(8-6-17)32(29,30)27-13-14-31-20(27)9-11-26(12-10-20)19(28)15-1-3-16(4-2-15)21(23,24)25/h1-8H,9-14H2. The van der Waals surface area contributed by atoms with Gasteiger partial charge in [0, 0.05) is 38.0 Å². The van der Waals surface area contributed by atoms with Crippen LogP contribution in [0.1, 0.15) is 28.8 Å². The van der Waals surface area contributed by atoms with E-state index in [0.29, 0.717) is 0 Å². The highest BCUT2D eigenvalue weighted by atomic mass is 32.2. The first kappa shape index (κ1) is 22.7. The fraction of sp³-hybridized carbons (Fsp3) is 0.381. The molecule has 2 saturated heterocycles. The van der Waals surface area contributed by atoms with E-state index in [0.717, 1.165) is 36.4 Å². The van der Waals surface area contributed by atoms with Gasteiger partial charge in [0.25, 0.3) is 5.91 Å². The number of alkyl halides is 3. The van der Waals surface area contributed by atoms with Crippen LogP contribution in [0.4, 0.5) is 17.6 Å². The van der Waals surface area contributed by atoms with Crippen molar-refractivity contribution in [3.63, 3.8) is 0 Å². The molecule has 0 aliphatic carbocycles. The molecule has 2 aromatic carbocycles. The summed E-state index contributed by atoms with van der Waals surface area (Å²) < 4.78 is 84.7. The number of carbonyl (C=O) groups is 1. The molecule has 2 aliphatic rings. The first-order chi connectivity index (χ1) is 15.0. The largest absolute Gasteiger partial charge is 0.416 e. The SMILES string of the molecule is O=C(c1ccc(C(F)(F)F)cc1)N1CCC2(CC1)OCCN2S(=O)(=O)c1ccc(F)cc1. The quantitative estimate of drug-likeness (QED) is 0.642. The van der Waals surface area contributed by atoms with E-state index >= 15 is 0 Å². The van der Waals surface area contributed by atoms with Crippen molar-refractivity contribution in [2.75, 3.05) is 26.2 Å². The summed E-state index contributed by atoms with van der Waals surface area (Å²) in [6.07, 6.45) is -4.07. The van der Waals surface area contributed by atoms with Gasteiger partial charge in [-0.3, -0.25) is 4.79 Å². The Morgan fingerprint density at radius 2 is 1.53 bits per heavy atom. The molecule has 11 heteroatoms. The number of halogens is 4. The van der Waals surface area contributed by atoms with Crippen LogP contribution in [0, 0.1) is 5.82 Å². The van der Waals surface area contributed by atoms with E-state index in [9.17, 15) is 30.8 Å². The Morgan fingerprint density at radius 3 is 2.09 bits per heavy atom. The van der Waals surface area contributed by atoms with Crippen LogP contribution in [0.2, 0.25) is 0 Å². The van der Waals surface area contributed by atoms with Gasteiger partial charge >= 0.3 is 6.18 Å². The lowest BCUT2D eigenvalue weighted by Gasteiger charge is -2.42. The van der Waals surface area contributed by atoms with E-state index in [2.05, 4.69) is 0 Å². The van der Waals surface area contributed by atoms with Gasteiger partial charge in [-0.1, -0.05) is 0 Å². The number of carbonyl (C=O) groups excluding carboxylic acids is 1. The molecule has 0 unspecified atom stereocenters. The summed E-state index contributed by atoms with van der Waals surface area (Å²) in [6.45, 7) is 0.671. The molecule has 0 N–H and O–H groups in total. The van der Waals surface area contributed by atoms with Gasteiger partial charge in [-0.25, -0.2) is 12.8 Å². The average Bonchev–Trinajstić information content (AvgIpc) is 3.17. The molecule has 1 amide bonds. The van der Waals surface area contributed by atoms with Crippen molar-refractivity contribution in [3.8, 4) is 0 Å². The monoisotopic (exact) mass is 472 g/mol. The fourth-order valence-corrected chi connectivity index (χ4v) is 5.83. The first-order valence-electron chi connectivity index (χ1n) is 9.92. The second-order valence-electron chi connectivity index (χ2n) is 7.69. The molecule has 2 heterocycles. The molecule has 32 heavy (non-hydrogen) atoms. The lowest BCUT2D eigenvalue weighted by Crippen LogP contribution is -2.55. The Hall–Kier alpha value is -2.50. The second kappa shape index (κ2) is 8.13. The van der Waals surface area contributed by atoms with E-state index in [-0.39, 0.29) is 49.5 Å². The fourth-order valence-electron chi connectivity index (χ4n) is 4.10. The summed E-state index contributed by atoms with van der Waals surface area (Å²) >= 11 is 0. The van der Waals surface area contributed by atoms with Crippen LogP contribution in [0.15, 0.2) is 53.4 Å². The molecule has 0 radical (unpaired) electrons. The van der Waals surface area contributed by atoms with Crippen molar-refractivity contribution >= 4 is 15.9 Å². The molecule has 6 nitrogen and oxygen atoms in total. The highest BCUT2D eigenvalue weighted by Crippen LogP contribution is 2.38. The van der Waals surface area contributed by atoms with Crippen LogP contribution in [-0.2, 0) is 20.9 Å². The Balaban J connectivity index is 1.48. The Bertz CT molecular complexity index is 1090. The van der Waals surface area contributed by atoms with Gasteiger partial charge in [-0.05, 0) is 48.5 Å². The smallest absolute Gasteiger partial charge is 0.358 e. The Labute approximate surface area is 182 Å². The van der Waals surface area contributed by atoms with Crippen molar-refractivity contribution < 1.29 is 35.5 Å². The molecule has 2 aromatic rings. The minimum atomic E-state index is -4.49. The van der Waals surface area contributed by atoms with Gasteiger partial charge < -0.3 is 9.64 Å². The van der Waals surface area contributed by atoms with Crippen molar-refractivity contribution in [2.24, 2.45) is 0 Å². The number of likely N-dealkylation sites (tertiary alicyclic amines) is 1. The van der Waals surface area contributed by atoms with Gasteiger partial charge in [-0.15, -0.1) is 0 Å². The summed E-state index contributed by atoms with van der Waals surface area (Å²) in [5.41, 5.74) is -1.84. The number of nitrogens with zero attached hydrogens (tertiary/aromatic N) is 2. The topological polar surface area (TPSA) is 66.9 Å². The second-order valence-corrected chi connectivity index (χ2v) is 9.56. The van der Waals surface area contributed by atoms with Crippen molar-refractivity contribution in [2.45, 2.75) is 29.6 Å². The molecular formula is C21H20F4N2O4S. The van der Waals surface area contributed by atoms with Gasteiger partial charge in [0.2, 0.25) is 10.0 Å². The average molecular weight is 472 g/mol. The summed E-state index contributed by atoms with van der Waals surface area (Å²) in [4.78, 5) is 14.2. The van der Waals surface area contributed by atoms with Gasteiger partial charge in [-0.2, -0.15) is 17.5 Å². The molecule has 2 fully saturated rings. The zero-order valence-corrected chi connectivity index (χ0v) is 17.6. The van der Waals surface area contributed by atoms with Crippen molar-refractivity contribution in [3.05, 3.63) is 65.5 Å². The van der Waals surface area contributed by atoms with Crippen LogP contribution in [0.3, 0.4) is 0 Å². The molecule has 0 saturated carbocycles. The van der Waals surface area contributed by atoms with Crippen molar-refractivity contribution in [1.29, 1.82) is 0 Å². The number of amides is 1. The molecule has 0 aromatic heterocycles. The van der Waals surface area contributed by atoms with E-state index in [1.807, 2.05) is 0 Å². The number of sulfonamides is 1. The van der Waals surface area contributed by atoms with Crippen LogP contribution in [-0.4, -0.2) is 55.5 Å². The van der Waals surface area contributed by atoms with Crippen LogP contribution < -0.4 is 0 Å². The lowest BCUT2D eigenvalue weighted by atomic mass is 9.99. The third kappa shape index (κ3) is 4.12. The van der Waals surface area contributed by atoms with E-state index in [1.54, 1.807) is 0 Å². The maximum atomic E-state index is 13.2. The summed E-state index contributed by atoms with van der Waals surface area (Å²) in [7, 11) is -3.94. The minimum Gasteiger partial charge on any atom is -0.358 e. The molecule has 2 aliphatic heterocycles. The first-order valence-corrected chi connectivity index (χ1v) is 11.4. The van der Waals surface area contributed by atoms with E-state index in [1.165, 1.54) is 21.3 Å². The molecule has 1 spiro atoms. The predicted molar refractivity (Wildman–Crippen MR) is 106 cm³/mol. The zero-order valence-electron chi connectivity index (χ0n) is 16.8. The van der Waals surface area contributed by atoms with Gasteiger partial charge in [0.15, 0.2) is 0 Å². The number of hydrogen-bond donors (Lipinski definition) is 0. The van der Waals surface area contributed by atoms with Gasteiger partial charge in [0.1, 0.15) is 11.5 Å². The van der Waals surface area contributed by atoms with Gasteiger partial charge in [0.05, 0.1) is 17.1 Å². The highest BCUT2D eigenvalue weighted by molar-refractivity contribution is 7.89. The summed E-state index contributed by atoms with van der Waals surface area (Å²) in [5.74, 6) is -0.981. The van der Waals surface area contributed by atoms with E-state index < -0.39 is 39.2 Å². The maximum absolute atomic E-state index is 13.2. The van der Waals surface area contributed by atoms with Crippen LogP contribution >= 0.6 is 0 Å². The lowest BCUT2D eigenvalue weighted by molar-refractivity contribution is -0.137.